The van der Waals surface area contributed by atoms with Crippen molar-refractivity contribution in [1.29, 1.82) is 0 Å². The van der Waals surface area contributed by atoms with Gasteiger partial charge in [-0.15, -0.1) is 11.8 Å². The Hall–Kier alpha value is -0.710. The van der Waals surface area contributed by atoms with Gasteiger partial charge < -0.3 is 10.4 Å². The van der Waals surface area contributed by atoms with Gasteiger partial charge in [0.1, 0.15) is 0 Å². The van der Waals surface area contributed by atoms with Gasteiger partial charge in [-0.25, -0.2) is 0 Å². The maximum atomic E-state index is 11.8. The number of aliphatic hydroxyl groups is 1. The summed E-state index contributed by atoms with van der Waals surface area (Å²) in [5, 5.41) is 12.8. The first-order chi connectivity index (χ1) is 9.02. The van der Waals surface area contributed by atoms with Crippen molar-refractivity contribution in [2.45, 2.75) is 42.9 Å². The van der Waals surface area contributed by atoms with E-state index in [0.717, 1.165) is 4.90 Å². The summed E-state index contributed by atoms with van der Waals surface area (Å²) < 4.78 is 0. The number of benzene rings is 1. The molecule has 3 nitrogen and oxygen atoms in total. The van der Waals surface area contributed by atoms with Crippen molar-refractivity contribution in [2.75, 3.05) is 6.54 Å². The SMILES string of the molecule is CCC(O)CCNC(=O)C(C)Sc1ccc(Cl)cc1. The molecule has 1 aromatic carbocycles. The zero-order valence-corrected chi connectivity index (χ0v) is 12.8. The predicted octanol–water partition coefficient (Wildman–Crippen LogP) is 3.10. The zero-order valence-electron chi connectivity index (χ0n) is 11.2. The van der Waals surface area contributed by atoms with Gasteiger partial charge in [0.2, 0.25) is 5.91 Å². The monoisotopic (exact) mass is 301 g/mol. The molecule has 0 radical (unpaired) electrons. The number of amides is 1. The average Bonchev–Trinajstić information content (AvgIpc) is 2.40. The van der Waals surface area contributed by atoms with Gasteiger partial charge in [0, 0.05) is 16.5 Å². The number of nitrogens with one attached hydrogen (secondary N) is 1. The van der Waals surface area contributed by atoms with Crippen LogP contribution in [0.2, 0.25) is 5.02 Å². The number of hydrogen-bond donors (Lipinski definition) is 2. The second kappa shape index (κ2) is 8.46. The highest BCUT2D eigenvalue weighted by Gasteiger charge is 2.14. The number of hydrogen-bond acceptors (Lipinski definition) is 3. The molecule has 0 aliphatic rings. The number of rotatable bonds is 7. The van der Waals surface area contributed by atoms with Gasteiger partial charge >= 0.3 is 0 Å². The zero-order chi connectivity index (χ0) is 14.3. The molecule has 0 fully saturated rings. The summed E-state index contributed by atoms with van der Waals surface area (Å²) >= 11 is 7.30. The maximum Gasteiger partial charge on any atom is 0.233 e. The van der Waals surface area contributed by atoms with Gasteiger partial charge in [-0.1, -0.05) is 18.5 Å². The topological polar surface area (TPSA) is 49.3 Å². The van der Waals surface area contributed by atoms with E-state index in [9.17, 15) is 9.90 Å². The molecule has 5 heteroatoms. The molecule has 0 aliphatic heterocycles. The molecular formula is C14H20ClNO2S. The van der Waals surface area contributed by atoms with Crippen LogP contribution in [-0.4, -0.2) is 28.9 Å². The third-order valence-corrected chi connectivity index (χ3v) is 4.11. The molecule has 0 spiro atoms. The average molecular weight is 302 g/mol. The predicted molar refractivity (Wildman–Crippen MR) is 80.7 cm³/mol. The Balaban J connectivity index is 2.34. The molecule has 0 heterocycles. The summed E-state index contributed by atoms with van der Waals surface area (Å²) in [5.74, 6) is -0.0109. The quantitative estimate of drug-likeness (QED) is 0.761. The first-order valence-corrected chi connectivity index (χ1v) is 7.66. The Morgan fingerprint density at radius 3 is 2.63 bits per heavy atom. The molecule has 2 unspecified atom stereocenters. The van der Waals surface area contributed by atoms with Crippen molar-refractivity contribution in [2.24, 2.45) is 0 Å². The van der Waals surface area contributed by atoms with Crippen molar-refractivity contribution in [3.8, 4) is 0 Å². The van der Waals surface area contributed by atoms with Gasteiger partial charge in [-0.05, 0) is 44.0 Å². The summed E-state index contributed by atoms with van der Waals surface area (Å²) in [5.41, 5.74) is 0. The van der Waals surface area contributed by atoms with Crippen molar-refractivity contribution in [3.63, 3.8) is 0 Å². The lowest BCUT2D eigenvalue weighted by atomic mass is 10.2. The molecule has 19 heavy (non-hydrogen) atoms. The van der Waals surface area contributed by atoms with E-state index in [4.69, 9.17) is 11.6 Å². The molecule has 1 rings (SSSR count). The molecule has 106 valence electrons. The molecule has 0 aliphatic carbocycles. The number of halogens is 1. The van der Waals surface area contributed by atoms with Gasteiger partial charge in [-0.3, -0.25) is 4.79 Å². The lowest BCUT2D eigenvalue weighted by Gasteiger charge is -2.13. The molecule has 1 amide bonds. The largest absolute Gasteiger partial charge is 0.393 e. The highest BCUT2D eigenvalue weighted by atomic mass is 35.5. The van der Waals surface area contributed by atoms with Crippen LogP contribution in [0.25, 0.3) is 0 Å². The van der Waals surface area contributed by atoms with Crippen LogP contribution >= 0.6 is 23.4 Å². The third kappa shape index (κ3) is 6.32. The van der Waals surface area contributed by atoms with E-state index < -0.39 is 0 Å². The molecular weight excluding hydrogens is 282 g/mol. The fourth-order valence-corrected chi connectivity index (χ4v) is 2.50. The number of carbonyl (C=O) groups is 1. The smallest absolute Gasteiger partial charge is 0.233 e. The fourth-order valence-electron chi connectivity index (χ4n) is 1.48. The van der Waals surface area contributed by atoms with E-state index in [1.165, 1.54) is 11.8 Å². The second-order valence-electron chi connectivity index (χ2n) is 4.36. The molecule has 0 saturated heterocycles. The first kappa shape index (κ1) is 16.3. The minimum absolute atomic E-state index is 0.0109. The van der Waals surface area contributed by atoms with Gasteiger partial charge in [0.25, 0.3) is 0 Å². The normalized spacial score (nSPS) is 13.9. The van der Waals surface area contributed by atoms with Crippen LogP contribution < -0.4 is 5.32 Å². The van der Waals surface area contributed by atoms with Crippen molar-refractivity contribution < 1.29 is 9.90 Å². The summed E-state index contributed by atoms with van der Waals surface area (Å²) in [6.45, 7) is 4.30. The van der Waals surface area contributed by atoms with Crippen LogP contribution in [0.1, 0.15) is 26.7 Å². The maximum absolute atomic E-state index is 11.8. The number of thioether (sulfide) groups is 1. The summed E-state index contributed by atoms with van der Waals surface area (Å²) in [6.07, 6.45) is 0.977. The molecule has 0 saturated carbocycles. The molecule has 2 atom stereocenters. The van der Waals surface area contributed by atoms with E-state index in [1.54, 1.807) is 0 Å². The summed E-state index contributed by atoms with van der Waals surface area (Å²) in [6, 6.07) is 7.42. The molecule has 0 bridgehead atoms. The van der Waals surface area contributed by atoms with E-state index in [1.807, 2.05) is 38.1 Å². The summed E-state index contributed by atoms with van der Waals surface area (Å²) in [4.78, 5) is 12.9. The van der Waals surface area contributed by atoms with Gasteiger partial charge in [0.05, 0.1) is 11.4 Å². The van der Waals surface area contributed by atoms with Gasteiger partial charge in [-0.2, -0.15) is 0 Å². The minimum atomic E-state index is -0.334. The van der Waals surface area contributed by atoms with Gasteiger partial charge in [0.15, 0.2) is 0 Å². The molecule has 0 aromatic heterocycles. The molecule has 2 N–H and O–H groups in total. The lowest BCUT2D eigenvalue weighted by Crippen LogP contribution is -2.33. The van der Waals surface area contributed by atoms with Crippen LogP contribution in [0.4, 0.5) is 0 Å². The van der Waals surface area contributed by atoms with E-state index in [0.29, 0.717) is 24.4 Å². The van der Waals surface area contributed by atoms with Crippen LogP contribution in [0.5, 0.6) is 0 Å². The van der Waals surface area contributed by atoms with Crippen LogP contribution in [0.3, 0.4) is 0 Å². The number of aliphatic hydroxyl groups excluding tert-OH is 1. The van der Waals surface area contributed by atoms with Crippen molar-refractivity contribution in [3.05, 3.63) is 29.3 Å². The van der Waals surface area contributed by atoms with E-state index >= 15 is 0 Å². The first-order valence-electron chi connectivity index (χ1n) is 6.41. The summed E-state index contributed by atoms with van der Waals surface area (Å²) in [7, 11) is 0. The Kier molecular flexibility index (Phi) is 7.28. The molecule has 1 aromatic rings. The number of carbonyl (C=O) groups excluding carboxylic acids is 1. The Morgan fingerprint density at radius 1 is 1.42 bits per heavy atom. The van der Waals surface area contributed by atoms with Crippen LogP contribution in [0.15, 0.2) is 29.2 Å². The highest BCUT2D eigenvalue weighted by Crippen LogP contribution is 2.24. The minimum Gasteiger partial charge on any atom is -0.393 e. The fraction of sp³-hybridized carbons (Fsp3) is 0.500. The third-order valence-electron chi connectivity index (χ3n) is 2.74. The highest BCUT2D eigenvalue weighted by molar-refractivity contribution is 8.00. The van der Waals surface area contributed by atoms with Crippen molar-refractivity contribution >= 4 is 29.3 Å². The standard InChI is InChI=1S/C14H20ClNO2S/c1-3-12(17)8-9-16-14(18)10(2)19-13-6-4-11(15)5-7-13/h4-7,10,12,17H,3,8-9H2,1-2H3,(H,16,18). The Bertz CT molecular complexity index is 397. The Morgan fingerprint density at radius 2 is 2.05 bits per heavy atom. The van der Waals surface area contributed by atoms with E-state index in [-0.39, 0.29) is 17.3 Å². The van der Waals surface area contributed by atoms with E-state index in [2.05, 4.69) is 5.32 Å². The van der Waals surface area contributed by atoms with Crippen LogP contribution in [0, 0.1) is 0 Å². The van der Waals surface area contributed by atoms with Crippen molar-refractivity contribution in [1.82, 2.24) is 5.32 Å². The second-order valence-corrected chi connectivity index (χ2v) is 6.21. The van der Waals surface area contributed by atoms with Crippen LogP contribution in [-0.2, 0) is 4.79 Å². The Labute approximate surface area is 123 Å². The lowest BCUT2D eigenvalue weighted by molar-refractivity contribution is -0.120.